The first kappa shape index (κ1) is 18.3. The molecule has 2 amide bonds. The minimum Gasteiger partial charge on any atom is -0.349 e. The molecule has 6 nitrogen and oxygen atoms in total. The Morgan fingerprint density at radius 3 is 2.23 bits per heavy atom. The number of amides is 2. The summed E-state index contributed by atoms with van der Waals surface area (Å²) in [5.74, 6) is -0.141. The van der Waals surface area contributed by atoms with Gasteiger partial charge < -0.3 is 10.2 Å². The molecule has 2 heterocycles. The van der Waals surface area contributed by atoms with Crippen molar-refractivity contribution >= 4 is 22.6 Å². The first-order valence-electron chi connectivity index (χ1n) is 8.48. The lowest BCUT2D eigenvalue weighted by Gasteiger charge is -2.32. The second kappa shape index (κ2) is 8.23. The third-order valence-corrected chi connectivity index (χ3v) is 5.43. The van der Waals surface area contributed by atoms with Crippen molar-refractivity contribution in [2.45, 2.75) is 23.8 Å². The van der Waals surface area contributed by atoms with Crippen LogP contribution in [0.3, 0.4) is 0 Å². The number of carbonyl (C=O) groups is 2. The third-order valence-electron chi connectivity index (χ3n) is 4.49. The largest absolute Gasteiger partial charge is 0.349 e. The van der Waals surface area contributed by atoms with E-state index in [1.807, 2.05) is 0 Å². The number of rotatable bonds is 4. The van der Waals surface area contributed by atoms with Gasteiger partial charge in [0.15, 0.2) is 0 Å². The van der Waals surface area contributed by atoms with Crippen molar-refractivity contribution in [3.63, 3.8) is 0 Å². The van der Waals surface area contributed by atoms with Gasteiger partial charge >= 0.3 is 0 Å². The number of likely N-dealkylation sites (tertiary alicyclic amines) is 1. The molecular formula is C19H21N3O3S. The first-order chi connectivity index (χ1) is 12.5. The zero-order valence-electron chi connectivity index (χ0n) is 14.6. The molecule has 2 aromatic rings. The molecule has 1 atom stereocenters. The maximum absolute atomic E-state index is 12.6. The van der Waals surface area contributed by atoms with E-state index in [4.69, 9.17) is 0 Å². The summed E-state index contributed by atoms with van der Waals surface area (Å²) in [7, 11) is -1.05. The molecule has 0 spiro atoms. The Balaban J connectivity index is 1.54. The zero-order valence-corrected chi connectivity index (χ0v) is 15.4. The third kappa shape index (κ3) is 4.35. The van der Waals surface area contributed by atoms with E-state index >= 15 is 0 Å². The average molecular weight is 371 g/mol. The SMILES string of the molecule is C[S@@](=O)c1ccc(C(=O)N2CCC(NC(=O)c3ccncc3)CC2)cc1. The van der Waals surface area contributed by atoms with E-state index < -0.39 is 10.8 Å². The van der Waals surface area contributed by atoms with Gasteiger partial charge in [-0.15, -0.1) is 0 Å². The molecule has 136 valence electrons. The first-order valence-corrected chi connectivity index (χ1v) is 10.0. The number of carbonyl (C=O) groups excluding carboxylic acids is 2. The van der Waals surface area contributed by atoms with Crippen molar-refractivity contribution in [2.24, 2.45) is 0 Å². The van der Waals surface area contributed by atoms with E-state index in [-0.39, 0.29) is 17.9 Å². The molecule has 1 N–H and O–H groups in total. The van der Waals surface area contributed by atoms with Crippen molar-refractivity contribution < 1.29 is 13.8 Å². The summed E-state index contributed by atoms with van der Waals surface area (Å²) in [6.07, 6.45) is 6.24. The van der Waals surface area contributed by atoms with Crippen molar-refractivity contribution in [1.82, 2.24) is 15.2 Å². The van der Waals surface area contributed by atoms with E-state index in [9.17, 15) is 13.8 Å². The molecule has 26 heavy (non-hydrogen) atoms. The molecule has 0 bridgehead atoms. The molecule has 1 aromatic heterocycles. The standard InChI is InChI=1S/C19H21N3O3S/c1-26(25)17-4-2-15(3-5-17)19(24)22-12-8-16(9-13-22)21-18(23)14-6-10-20-11-7-14/h2-7,10-11,16H,8-9,12-13H2,1H3,(H,21,23)/t26-/m1/s1. The second-order valence-electron chi connectivity index (χ2n) is 6.25. The Morgan fingerprint density at radius 1 is 1.04 bits per heavy atom. The molecular weight excluding hydrogens is 350 g/mol. The van der Waals surface area contributed by atoms with Gasteiger partial charge in [0.1, 0.15) is 0 Å². The van der Waals surface area contributed by atoms with Crippen LogP contribution in [0.25, 0.3) is 0 Å². The molecule has 1 aromatic carbocycles. The maximum atomic E-state index is 12.6. The highest BCUT2D eigenvalue weighted by atomic mass is 32.2. The number of nitrogens with zero attached hydrogens (tertiary/aromatic N) is 2. The molecule has 0 unspecified atom stereocenters. The van der Waals surface area contributed by atoms with Gasteiger partial charge in [0.05, 0.1) is 0 Å². The minimum atomic E-state index is -1.05. The number of pyridine rings is 1. The lowest BCUT2D eigenvalue weighted by atomic mass is 10.0. The summed E-state index contributed by atoms with van der Waals surface area (Å²) in [6.45, 7) is 1.20. The summed E-state index contributed by atoms with van der Waals surface area (Å²) in [5, 5.41) is 3.02. The monoisotopic (exact) mass is 371 g/mol. The fourth-order valence-corrected chi connectivity index (χ4v) is 3.49. The Morgan fingerprint density at radius 2 is 1.65 bits per heavy atom. The van der Waals surface area contributed by atoms with Crippen LogP contribution in [0.5, 0.6) is 0 Å². The Labute approximate surface area is 155 Å². The Hall–Kier alpha value is -2.54. The number of benzene rings is 1. The van der Waals surface area contributed by atoms with Crippen molar-refractivity contribution in [1.29, 1.82) is 0 Å². The highest BCUT2D eigenvalue weighted by Gasteiger charge is 2.24. The number of piperidine rings is 1. The van der Waals surface area contributed by atoms with Crippen molar-refractivity contribution in [3.05, 3.63) is 59.9 Å². The average Bonchev–Trinajstić information content (AvgIpc) is 2.69. The van der Waals surface area contributed by atoms with E-state index in [0.717, 1.165) is 12.8 Å². The highest BCUT2D eigenvalue weighted by Crippen LogP contribution is 2.16. The summed E-state index contributed by atoms with van der Waals surface area (Å²) in [6, 6.07) is 10.3. The lowest BCUT2D eigenvalue weighted by Crippen LogP contribution is -2.46. The van der Waals surface area contributed by atoms with E-state index in [1.54, 1.807) is 59.9 Å². The van der Waals surface area contributed by atoms with Crippen LogP contribution < -0.4 is 5.32 Å². The Bertz CT molecular complexity index is 801. The summed E-state index contributed by atoms with van der Waals surface area (Å²) in [5.41, 5.74) is 1.19. The van der Waals surface area contributed by atoms with Gasteiger partial charge in [-0.25, -0.2) is 0 Å². The molecule has 0 saturated carbocycles. The second-order valence-corrected chi connectivity index (χ2v) is 7.63. The highest BCUT2D eigenvalue weighted by molar-refractivity contribution is 7.84. The summed E-state index contributed by atoms with van der Waals surface area (Å²) >= 11 is 0. The summed E-state index contributed by atoms with van der Waals surface area (Å²) in [4.78, 5) is 31.2. The van der Waals surface area contributed by atoms with Gasteiger partial charge in [-0.3, -0.25) is 18.8 Å². The van der Waals surface area contributed by atoms with E-state index in [1.165, 1.54) is 0 Å². The predicted molar refractivity (Wildman–Crippen MR) is 99.4 cm³/mol. The van der Waals surface area contributed by atoms with Gasteiger partial charge in [0.25, 0.3) is 11.8 Å². The quantitative estimate of drug-likeness (QED) is 0.890. The lowest BCUT2D eigenvalue weighted by molar-refractivity contribution is 0.0698. The molecule has 1 aliphatic rings. The van der Waals surface area contributed by atoms with Crippen LogP contribution in [0.1, 0.15) is 33.6 Å². The molecule has 1 fully saturated rings. The number of hydrogen-bond donors (Lipinski definition) is 1. The van der Waals surface area contributed by atoms with Crippen LogP contribution in [0.4, 0.5) is 0 Å². The zero-order chi connectivity index (χ0) is 18.5. The van der Waals surface area contributed by atoms with Gasteiger partial charge in [-0.2, -0.15) is 0 Å². The Kier molecular flexibility index (Phi) is 5.78. The fraction of sp³-hybridized carbons (Fsp3) is 0.316. The van der Waals surface area contributed by atoms with E-state index in [2.05, 4.69) is 10.3 Å². The van der Waals surface area contributed by atoms with Crippen LogP contribution in [0.15, 0.2) is 53.7 Å². The fourth-order valence-electron chi connectivity index (χ4n) is 2.97. The summed E-state index contributed by atoms with van der Waals surface area (Å²) < 4.78 is 11.4. The molecule has 1 aliphatic heterocycles. The van der Waals surface area contributed by atoms with Crippen LogP contribution in [-0.2, 0) is 10.8 Å². The number of hydrogen-bond acceptors (Lipinski definition) is 4. The number of nitrogens with one attached hydrogen (secondary N) is 1. The van der Waals surface area contributed by atoms with Gasteiger partial charge in [0, 0.05) is 64.6 Å². The van der Waals surface area contributed by atoms with Crippen LogP contribution in [-0.4, -0.2) is 51.3 Å². The molecule has 3 rings (SSSR count). The van der Waals surface area contributed by atoms with Crippen molar-refractivity contribution in [3.8, 4) is 0 Å². The molecule has 0 aliphatic carbocycles. The van der Waals surface area contributed by atoms with Crippen LogP contribution in [0.2, 0.25) is 0 Å². The normalized spacial score (nSPS) is 16.1. The molecule has 7 heteroatoms. The van der Waals surface area contributed by atoms with Crippen LogP contribution in [0, 0.1) is 0 Å². The topological polar surface area (TPSA) is 79.4 Å². The smallest absolute Gasteiger partial charge is 0.253 e. The van der Waals surface area contributed by atoms with Gasteiger partial charge in [-0.05, 0) is 49.2 Å². The maximum Gasteiger partial charge on any atom is 0.253 e. The van der Waals surface area contributed by atoms with Crippen molar-refractivity contribution in [2.75, 3.05) is 19.3 Å². The molecule has 0 radical (unpaired) electrons. The van der Waals surface area contributed by atoms with Gasteiger partial charge in [0.2, 0.25) is 0 Å². The minimum absolute atomic E-state index is 0.0302. The van der Waals surface area contributed by atoms with E-state index in [0.29, 0.717) is 29.1 Å². The number of aromatic nitrogens is 1. The molecule has 1 saturated heterocycles. The van der Waals surface area contributed by atoms with Gasteiger partial charge in [-0.1, -0.05) is 0 Å². The van der Waals surface area contributed by atoms with Crippen LogP contribution >= 0.6 is 0 Å². The predicted octanol–water partition coefficient (Wildman–Crippen LogP) is 1.85.